The summed E-state index contributed by atoms with van der Waals surface area (Å²) in [6.45, 7) is 0.739. The lowest BCUT2D eigenvalue weighted by molar-refractivity contribution is -0.211. The maximum Gasteiger partial charge on any atom is 0.394 e. The number of aryl methyl sites for hydroxylation is 1. The van der Waals surface area contributed by atoms with Crippen molar-refractivity contribution in [3.8, 4) is 17.0 Å². The highest BCUT2D eigenvalue weighted by Crippen LogP contribution is 2.43. The number of alkyl halides is 5. The summed E-state index contributed by atoms with van der Waals surface area (Å²) >= 11 is 6.55. The van der Waals surface area contributed by atoms with Gasteiger partial charge >= 0.3 is 18.8 Å². The van der Waals surface area contributed by atoms with Crippen molar-refractivity contribution in [3.63, 3.8) is 0 Å². The molecule has 0 unspecified atom stereocenters. The number of aromatic nitrogens is 2. The zero-order valence-electron chi connectivity index (χ0n) is 24.5. The lowest BCUT2D eigenvalue weighted by Gasteiger charge is -2.28. The third-order valence-corrected chi connectivity index (χ3v) is 9.76. The molecule has 1 aliphatic carbocycles. The highest BCUT2D eigenvalue weighted by atomic mass is 35.5. The summed E-state index contributed by atoms with van der Waals surface area (Å²) in [4.78, 5) is 24.5. The van der Waals surface area contributed by atoms with Gasteiger partial charge in [0.1, 0.15) is 5.75 Å². The number of nitrogens with one attached hydrogen (secondary N) is 3. The van der Waals surface area contributed by atoms with Crippen molar-refractivity contribution in [2.45, 2.75) is 77.5 Å². The van der Waals surface area contributed by atoms with Crippen LogP contribution in [0, 0.1) is 11.3 Å². The summed E-state index contributed by atoms with van der Waals surface area (Å²) in [5.41, 5.74) is -2.14. The van der Waals surface area contributed by atoms with Crippen LogP contribution >= 0.6 is 11.6 Å². The molecule has 0 saturated heterocycles. The van der Waals surface area contributed by atoms with E-state index >= 15 is 0 Å². The number of sulfonamides is 1. The van der Waals surface area contributed by atoms with Gasteiger partial charge in [0.05, 0.1) is 21.4 Å². The van der Waals surface area contributed by atoms with E-state index in [0.717, 1.165) is 19.9 Å². The number of hydrogen-bond donors (Lipinski definition) is 3. The van der Waals surface area contributed by atoms with Gasteiger partial charge in [-0.3, -0.25) is 9.48 Å². The molecular formula is C27H35ClF5N5O5S. The third kappa shape index (κ3) is 8.31. The van der Waals surface area contributed by atoms with Crippen molar-refractivity contribution < 1.29 is 44.7 Å². The lowest BCUT2D eigenvalue weighted by Crippen LogP contribution is -2.44. The lowest BCUT2D eigenvalue weighted by atomic mass is 9.84. The van der Waals surface area contributed by atoms with Crippen LogP contribution in [0.1, 0.15) is 62.5 Å². The molecule has 1 aromatic heterocycles. The molecule has 3 N–H and O–H groups in total. The summed E-state index contributed by atoms with van der Waals surface area (Å²) < 4.78 is 99.7. The SMILES string of the molecule is CCn1nc(C(=O)NC[C@H]2CC[C@H](S(=O)(=O)NC(=O)NC)CC2)c(Cl)c1-c1ccc(CC(C)(C)C(F)(F)F)cc1OC(F)F. The van der Waals surface area contributed by atoms with Crippen LogP contribution in [0.4, 0.5) is 26.7 Å². The maximum atomic E-state index is 13.4. The molecule has 1 aromatic carbocycles. The Balaban J connectivity index is 1.78. The second-order valence-corrected chi connectivity index (χ2v) is 13.5. The average Bonchev–Trinajstić information content (AvgIpc) is 3.26. The van der Waals surface area contributed by atoms with E-state index in [9.17, 15) is 40.0 Å². The predicted octanol–water partition coefficient (Wildman–Crippen LogP) is 5.50. The molecule has 0 spiro atoms. The van der Waals surface area contributed by atoms with E-state index in [1.54, 1.807) is 6.92 Å². The highest BCUT2D eigenvalue weighted by Gasteiger charge is 2.47. The summed E-state index contributed by atoms with van der Waals surface area (Å²) in [6, 6.07) is 2.93. The summed E-state index contributed by atoms with van der Waals surface area (Å²) in [5, 5.41) is 8.25. The van der Waals surface area contributed by atoms with Crippen LogP contribution in [0.3, 0.4) is 0 Å². The van der Waals surface area contributed by atoms with Gasteiger partial charge in [0.2, 0.25) is 10.0 Å². The summed E-state index contributed by atoms with van der Waals surface area (Å²) in [7, 11) is -2.54. The Hall–Kier alpha value is -3.14. The first kappa shape index (κ1) is 35.3. The predicted molar refractivity (Wildman–Crippen MR) is 153 cm³/mol. The quantitative estimate of drug-likeness (QED) is 0.270. The minimum atomic E-state index is -4.54. The number of hydrogen-bond acceptors (Lipinski definition) is 6. The topological polar surface area (TPSA) is 131 Å². The molecule has 3 rings (SSSR count). The average molecular weight is 672 g/mol. The second kappa shape index (κ2) is 13.9. The van der Waals surface area contributed by atoms with E-state index < -0.39 is 57.6 Å². The molecule has 2 aromatic rings. The van der Waals surface area contributed by atoms with E-state index in [1.165, 1.54) is 23.9 Å². The number of nitrogens with zero attached hydrogens (tertiary/aromatic N) is 2. The monoisotopic (exact) mass is 671 g/mol. The zero-order chi connectivity index (χ0) is 33.0. The number of carbonyl (C=O) groups is 2. The molecule has 1 fully saturated rings. The molecule has 0 radical (unpaired) electrons. The summed E-state index contributed by atoms with van der Waals surface area (Å²) in [6.07, 6.45) is -3.54. The Bertz CT molecular complexity index is 1460. The van der Waals surface area contributed by atoms with E-state index in [1.807, 2.05) is 4.72 Å². The number of ether oxygens (including phenoxy) is 1. The fourth-order valence-electron chi connectivity index (χ4n) is 4.98. The molecule has 0 atom stereocenters. The van der Waals surface area contributed by atoms with E-state index in [-0.39, 0.29) is 59.4 Å². The largest absolute Gasteiger partial charge is 0.434 e. The molecule has 246 valence electrons. The first-order valence-electron chi connectivity index (χ1n) is 13.8. The van der Waals surface area contributed by atoms with Gasteiger partial charge in [0.15, 0.2) is 5.69 Å². The minimum absolute atomic E-state index is 0.0159. The van der Waals surface area contributed by atoms with E-state index in [2.05, 4.69) is 20.5 Å². The Morgan fingerprint density at radius 3 is 2.34 bits per heavy atom. The Morgan fingerprint density at radius 1 is 1.16 bits per heavy atom. The van der Waals surface area contributed by atoms with Gasteiger partial charge in [-0.25, -0.2) is 17.9 Å². The number of rotatable bonds is 11. The molecule has 17 heteroatoms. The van der Waals surface area contributed by atoms with Crippen molar-refractivity contribution >= 4 is 33.6 Å². The number of amides is 3. The fourth-order valence-corrected chi connectivity index (χ4v) is 6.72. The normalized spacial score (nSPS) is 17.8. The van der Waals surface area contributed by atoms with Crippen molar-refractivity contribution in [3.05, 3.63) is 34.5 Å². The Kier molecular flexibility index (Phi) is 11.1. The number of halogens is 6. The van der Waals surface area contributed by atoms with Crippen LogP contribution in [0.25, 0.3) is 11.3 Å². The molecule has 3 amide bonds. The Labute approximate surface area is 257 Å². The molecule has 44 heavy (non-hydrogen) atoms. The molecule has 1 heterocycles. The van der Waals surface area contributed by atoms with Gasteiger partial charge in [-0.15, -0.1) is 0 Å². The minimum Gasteiger partial charge on any atom is -0.434 e. The van der Waals surface area contributed by atoms with Crippen LogP contribution < -0.4 is 20.1 Å². The van der Waals surface area contributed by atoms with Crippen molar-refractivity contribution in [1.82, 2.24) is 25.1 Å². The Morgan fingerprint density at radius 2 is 1.80 bits per heavy atom. The number of benzene rings is 1. The first-order chi connectivity index (χ1) is 20.4. The van der Waals surface area contributed by atoms with Crippen LogP contribution in [0.15, 0.2) is 18.2 Å². The fraction of sp³-hybridized carbons (Fsp3) is 0.593. The van der Waals surface area contributed by atoms with Crippen molar-refractivity contribution in [1.29, 1.82) is 0 Å². The van der Waals surface area contributed by atoms with Crippen LogP contribution in [0.5, 0.6) is 5.75 Å². The first-order valence-corrected chi connectivity index (χ1v) is 15.7. The third-order valence-electron chi connectivity index (χ3n) is 7.59. The van der Waals surface area contributed by atoms with Gasteiger partial charge in [-0.05, 0) is 62.6 Å². The van der Waals surface area contributed by atoms with Gasteiger partial charge in [-0.2, -0.15) is 27.1 Å². The standard InChI is InChI=1S/C27H35ClF5N5O5S/c1-5-38-22(18-11-8-16(12-19(18)43-24(29)30)13-26(2,3)27(31,32)33)20(28)21(36-38)23(39)35-14-15-6-9-17(10-7-15)44(41,42)37-25(40)34-4/h8,11-12,15,17,24H,5-7,9-10,13-14H2,1-4H3,(H,35,39)(H2,34,37,40)/t15-,17-. The molecule has 0 aliphatic heterocycles. The smallest absolute Gasteiger partial charge is 0.394 e. The number of carbonyl (C=O) groups excluding carboxylic acids is 2. The molecule has 10 nitrogen and oxygen atoms in total. The van der Waals surface area contributed by atoms with Crippen LogP contribution in [-0.2, 0) is 23.0 Å². The second-order valence-electron chi connectivity index (χ2n) is 11.2. The molecule has 1 aliphatic rings. The summed E-state index contributed by atoms with van der Waals surface area (Å²) in [5.74, 6) is -1.13. The van der Waals surface area contributed by atoms with Crippen molar-refractivity contribution in [2.75, 3.05) is 13.6 Å². The molecular weight excluding hydrogens is 637 g/mol. The zero-order valence-corrected chi connectivity index (χ0v) is 26.1. The van der Waals surface area contributed by atoms with Gasteiger partial charge < -0.3 is 15.4 Å². The van der Waals surface area contributed by atoms with Crippen LogP contribution in [0.2, 0.25) is 5.02 Å². The van der Waals surface area contributed by atoms with E-state index in [4.69, 9.17) is 11.6 Å². The highest BCUT2D eigenvalue weighted by molar-refractivity contribution is 7.90. The van der Waals surface area contributed by atoms with E-state index in [0.29, 0.717) is 12.8 Å². The number of urea groups is 1. The van der Waals surface area contributed by atoms with Crippen LogP contribution in [-0.4, -0.2) is 61.8 Å². The van der Waals surface area contributed by atoms with Gasteiger partial charge in [0, 0.05) is 25.7 Å². The molecule has 1 saturated carbocycles. The maximum absolute atomic E-state index is 13.4. The van der Waals surface area contributed by atoms with Gasteiger partial charge in [0.25, 0.3) is 5.91 Å². The molecule has 0 bridgehead atoms. The van der Waals surface area contributed by atoms with Crippen molar-refractivity contribution in [2.24, 2.45) is 11.3 Å². The van der Waals surface area contributed by atoms with Gasteiger partial charge in [-0.1, -0.05) is 31.5 Å².